The second kappa shape index (κ2) is 35.7. The lowest BCUT2D eigenvalue weighted by Crippen LogP contribution is -2.42. The highest BCUT2D eigenvalue weighted by atomic mass is 16.1. The van der Waals surface area contributed by atoms with Gasteiger partial charge in [0, 0.05) is 32.6 Å². The highest BCUT2D eigenvalue weighted by Gasteiger charge is 2.30. The first-order chi connectivity index (χ1) is 23.7. The van der Waals surface area contributed by atoms with Crippen molar-refractivity contribution in [2.24, 2.45) is 0 Å². The van der Waals surface area contributed by atoms with Crippen LogP contribution in [0.4, 0.5) is 0 Å². The van der Waals surface area contributed by atoms with Crippen LogP contribution >= 0.6 is 0 Å². The number of nitrogens with zero attached hydrogens (tertiary/aromatic N) is 2. The Hall–Kier alpha value is -1.13. The minimum atomic E-state index is 0.253. The number of unbranched alkanes of at least 4 members (excludes halogenated alkanes) is 23. The molecule has 0 aromatic heterocycles. The highest BCUT2D eigenvalue weighted by Crippen LogP contribution is 2.21. The molecule has 4 nitrogen and oxygen atoms in total. The molecular weight excluding hydrogens is 587 g/mol. The number of hydrogen-bond donors (Lipinski definition) is 1. The summed E-state index contributed by atoms with van der Waals surface area (Å²) in [5.41, 5.74) is 0. The normalized spacial score (nSPS) is 15.9. The Kier molecular flexibility index (Phi) is 33.4. The summed E-state index contributed by atoms with van der Waals surface area (Å²) in [5.74, 6) is 0.253. The Bertz CT molecular complexity index is 735. The second-order valence-electron chi connectivity index (χ2n) is 15.0. The molecule has 282 valence electrons. The van der Waals surface area contributed by atoms with Gasteiger partial charge in [0.1, 0.15) is 0 Å². The molecule has 1 fully saturated rings. The van der Waals surface area contributed by atoms with E-state index in [9.17, 15) is 4.79 Å². The van der Waals surface area contributed by atoms with E-state index < -0.39 is 0 Å². The van der Waals surface area contributed by atoms with Gasteiger partial charge in [-0.2, -0.15) is 0 Å². The third-order valence-corrected chi connectivity index (χ3v) is 10.4. The van der Waals surface area contributed by atoms with Crippen molar-refractivity contribution >= 4 is 5.91 Å². The van der Waals surface area contributed by atoms with Gasteiger partial charge in [-0.05, 0) is 77.2 Å². The summed E-state index contributed by atoms with van der Waals surface area (Å²) in [6, 6.07) is 0. The molecule has 1 aliphatic rings. The van der Waals surface area contributed by atoms with E-state index in [0.29, 0.717) is 12.6 Å². The number of hydrogen-bond acceptors (Lipinski definition) is 3. The van der Waals surface area contributed by atoms with Gasteiger partial charge in [-0.1, -0.05) is 161 Å². The second-order valence-corrected chi connectivity index (χ2v) is 15.0. The topological polar surface area (TPSA) is 35.6 Å². The van der Waals surface area contributed by atoms with Gasteiger partial charge in [-0.15, -0.1) is 0 Å². The summed E-state index contributed by atoms with van der Waals surface area (Å²) in [6.07, 6.45) is 49.3. The first kappa shape index (κ1) is 44.9. The van der Waals surface area contributed by atoms with Crippen LogP contribution in [0.5, 0.6) is 0 Å². The zero-order chi connectivity index (χ0) is 34.6. The molecule has 48 heavy (non-hydrogen) atoms. The molecule has 0 aliphatic carbocycles. The Balaban J connectivity index is 2.07. The number of rotatable bonds is 36. The lowest BCUT2D eigenvalue weighted by atomic mass is 10.1. The van der Waals surface area contributed by atoms with Gasteiger partial charge >= 0.3 is 0 Å². The van der Waals surface area contributed by atoms with Gasteiger partial charge in [0.15, 0.2) is 0 Å². The Morgan fingerprint density at radius 1 is 0.500 bits per heavy atom. The molecule has 1 aliphatic heterocycles. The summed E-state index contributed by atoms with van der Waals surface area (Å²) in [5, 5.41) is 3.25. The number of allylic oxidation sites excluding steroid dienone is 4. The van der Waals surface area contributed by atoms with Crippen molar-refractivity contribution in [1.29, 1.82) is 0 Å². The van der Waals surface area contributed by atoms with E-state index in [2.05, 4.69) is 60.2 Å². The zero-order valence-electron chi connectivity index (χ0n) is 32.9. The van der Waals surface area contributed by atoms with Crippen LogP contribution in [0.25, 0.3) is 0 Å². The summed E-state index contributed by atoms with van der Waals surface area (Å²) in [7, 11) is 0. The maximum Gasteiger partial charge on any atom is 0.220 e. The minimum absolute atomic E-state index is 0.253. The molecule has 0 aromatic rings. The van der Waals surface area contributed by atoms with E-state index >= 15 is 0 Å². The Labute approximate surface area is 301 Å². The molecule has 1 rings (SSSR count). The van der Waals surface area contributed by atoms with Crippen molar-refractivity contribution in [1.82, 2.24) is 15.1 Å². The molecule has 0 radical (unpaired) electrons. The molecule has 1 unspecified atom stereocenters. The molecule has 0 saturated carbocycles. The van der Waals surface area contributed by atoms with Gasteiger partial charge in [0.2, 0.25) is 5.91 Å². The predicted octanol–water partition coefficient (Wildman–Crippen LogP) is 12.9. The largest absolute Gasteiger partial charge is 0.355 e. The van der Waals surface area contributed by atoms with Gasteiger partial charge in [-0.25, -0.2) is 0 Å². The Morgan fingerprint density at radius 2 is 0.896 bits per heavy atom. The average molecular weight is 672 g/mol. The number of carbonyl (C=O) groups excluding carboxylic acids is 1. The lowest BCUT2D eigenvalue weighted by Gasteiger charge is -2.30. The van der Waals surface area contributed by atoms with Crippen molar-refractivity contribution in [2.75, 3.05) is 32.7 Å². The molecule has 0 bridgehead atoms. The molecule has 4 heteroatoms. The summed E-state index contributed by atoms with van der Waals surface area (Å²) in [6.45, 7) is 12.3. The molecule has 1 heterocycles. The number of amides is 1. The summed E-state index contributed by atoms with van der Waals surface area (Å²) >= 11 is 0. The molecule has 1 amide bonds. The lowest BCUT2D eigenvalue weighted by molar-refractivity contribution is -0.121. The van der Waals surface area contributed by atoms with Crippen molar-refractivity contribution in [3.05, 3.63) is 24.3 Å². The first-order valence-corrected chi connectivity index (χ1v) is 21.8. The van der Waals surface area contributed by atoms with Crippen LogP contribution in [0.3, 0.4) is 0 Å². The maximum atomic E-state index is 12.5. The van der Waals surface area contributed by atoms with Crippen molar-refractivity contribution in [3.8, 4) is 0 Å². The number of nitrogens with one attached hydrogen (secondary N) is 1. The van der Waals surface area contributed by atoms with Crippen LogP contribution in [-0.2, 0) is 4.79 Å². The van der Waals surface area contributed by atoms with Crippen LogP contribution in [0.2, 0.25) is 0 Å². The van der Waals surface area contributed by atoms with E-state index in [-0.39, 0.29) is 5.91 Å². The highest BCUT2D eigenvalue weighted by molar-refractivity contribution is 5.75. The molecular formula is C44H85N3O. The Morgan fingerprint density at radius 3 is 1.38 bits per heavy atom. The fourth-order valence-electron chi connectivity index (χ4n) is 7.22. The fraction of sp³-hybridized carbons (Fsp3) is 0.886. The van der Waals surface area contributed by atoms with E-state index in [1.807, 2.05) is 0 Å². The third kappa shape index (κ3) is 27.7. The van der Waals surface area contributed by atoms with Gasteiger partial charge in [0.05, 0.1) is 6.17 Å². The van der Waals surface area contributed by atoms with Crippen LogP contribution < -0.4 is 5.32 Å². The van der Waals surface area contributed by atoms with E-state index in [1.54, 1.807) is 0 Å². The molecule has 1 atom stereocenters. The monoisotopic (exact) mass is 672 g/mol. The van der Waals surface area contributed by atoms with Crippen LogP contribution in [-0.4, -0.2) is 54.6 Å². The van der Waals surface area contributed by atoms with Crippen molar-refractivity contribution in [2.45, 2.75) is 220 Å². The van der Waals surface area contributed by atoms with Gasteiger partial charge in [-0.3, -0.25) is 14.6 Å². The van der Waals surface area contributed by atoms with Crippen molar-refractivity contribution in [3.63, 3.8) is 0 Å². The average Bonchev–Trinajstić information content (AvgIpc) is 3.48. The third-order valence-electron chi connectivity index (χ3n) is 10.4. The minimum Gasteiger partial charge on any atom is -0.355 e. The standard InChI is InChI=1S/C44H85N3O/c1-4-7-10-12-14-16-18-20-22-24-26-28-30-32-34-36-43(48)45-38-40-47-42-41-46(39-9-6-3)44(47)37-35-33-31-29-27-25-23-21-19-17-15-13-11-8-5-2/h20-23,44H,4-19,24-42H2,1-3H3,(H,45,48)/b22-20-,23-21-. The SMILES string of the molecule is CCCCCCCC/C=C\CCCCCCCC(=O)NCCN1CCN(CCCC)C1CCCCCCC/C=C\CCCCCCCC. The van der Waals surface area contributed by atoms with Crippen LogP contribution in [0.1, 0.15) is 213 Å². The quantitative estimate of drug-likeness (QED) is 0.0532. The first-order valence-electron chi connectivity index (χ1n) is 21.8. The summed E-state index contributed by atoms with van der Waals surface area (Å²) < 4.78 is 0. The maximum absolute atomic E-state index is 12.5. The van der Waals surface area contributed by atoms with E-state index in [0.717, 1.165) is 26.1 Å². The van der Waals surface area contributed by atoms with Gasteiger partial charge in [0.25, 0.3) is 0 Å². The molecule has 1 N–H and O–H groups in total. The van der Waals surface area contributed by atoms with Crippen molar-refractivity contribution < 1.29 is 4.79 Å². The van der Waals surface area contributed by atoms with Crippen LogP contribution in [0.15, 0.2) is 24.3 Å². The van der Waals surface area contributed by atoms with Gasteiger partial charge < -0.3 is 5.32 Å². The predicted molar refractivity (Wildman–Crippen MR) is 214 cm³/mol. The fourth-order valence-corrected chi connectivity index (χ4v) is 7.22. The molecule has 0 spiro atoms. The van der Waals surface area contributed by atoms with E-state index in [1.165, 1.54) is 193 Å². The molecule has 0 aromatic carbocycles. The van der Waals surface area contributed by atoms with Crippen LogP contribution in [0, 0.1) is 0 Å². The summed E-state index contributed by atoms with van der Waals surface area (Å²) in [4.78, 5) is 17.9. The smallest absolute Gasteiger partial charge is 0.220 e. The van der Waals surface area contributed by atoms with E-state index in [4.69, 9.17) is 0 Å². The zero-order valence-corrected chi connectivity index (χ0v) is 32.9. The number of carbonyl (C=O) groups is 1. The molecule has 1 saturated heterocycles.